The second-order valence-electron chi connectivity index (χ2n) is 4.80. The standard InChI is InChI=1S/C14H20N2S/c1-11(2)16-14(4,9-15)10-17-13-8-6-5-7-12(13)3/h5-8,11,16H,10H2,1-4H3. The van der Waals surface area contributed by atoms with Gasteiger partial charge in [-0.15, -0.1) is 11.8 Å². The fourth-order valence-corrected chi connectivity index (χ4v) is 2.75. The maximum absolute atomic E-state index is 9.26. The number of nitriles is 1. The van der Waals surface area contributed by atoms with Crippen LogP contribution in [0.1, 0.15) is 26.3 Å². The van der Waals surface area contributed by atoms with Crippen LogP contribution in [0.15, 0.2) is 29.2 Å². The third-order valence-electron chi connectivity index (χ3n) is 2.46. The summed E-state index contributed by atoms with van der Waals surface area (Å²) in [5.41, 5.74) is 0.795. The molecule has 17 heavy (non-hydrogen) atoms. The number of benzene rings is 1. The van der Waals surface area contributed by atoms with Crippen LogP contribution in [0.4, 0.5) is 0 Å². The van der Waals surface area contributed by atoms with E-state index in [4.69, 9.17) is 0 Å². The molecule has 0 saturated carbocycles. The van der Waals surface area contributed by atoms with Crippen LogP contribution in [-0.4, -0.2) is 17.3 Å². The van der Waals surface area contributed by atoms with E-state index in [1.165, 1.54) is 10.5 Å². The molecule has 0 spiro atoms. The third kappa shape index (κ3) is 4.41. The zero-order valence-corrected chi connectivity index (χ0v) is 11.8. The predicted octanol–water partition coefficient (Wildman–Crippen LogP) is 3.37. The molecule has 0 amide bonds. The van der Waals surface area contributed by atoms with Crippen LogP contribution in [0, 0.1) is 18.3 Å². The van der Waals surface area contributed by atoms with Crippen LogP contribution in [0.25, 0.3) is 0 Å². The molecule has 0 fully saturated rings. The number of nitrogens with one attached hydrogen (secondary N) is 1. The highest BCUT2D eigenvalue weighted by molar-refractivity contribution is 7.99. The Morgan fingerprint density at radius 1 is 1.41 bits per heavy atom. The van der Waals surface area contributed by atoms with Crippen LogP contribution in [0.2, 0.25) is 0 Å². The molecule has 1 rings (SSSR count). The SMILES string of the molecule is Cc1ccccc1SCC(C)(C#N)NC(C)C. The minimum absolute atomic E-state index is 0.317. The summed E-state index contributed by atoms with van der Waals surface area (Å²) in [4.78, 5) is 1.25. The quantitative estimate of drug-likeness (QED) is 0.812. The largest absolute Gasteiger partial charge is 0.297 e. The Bertz CT molecular complexity index is 409. The van der Waals surface area contributed by atoms with E-state index in [1.807, 2.05) is 19.1 Å². The first-order chi connectivity index (χ1) is 7.97. The Kier molecular flexibility index (Phi) is 5.04. The molecule has 0 bridgehead atoms. The van der Waals surface area contributed by atoms with Gasteiger partial charge in [0, 0.05) is 16.7 Å². The van der Waals surface area contributed by atoms with E-state index in [9.17, 15) is 5.26 Å². The summed E-state index contributed by atoms with van der Waals surface area (Å²) in [5, 5.41) is 12.6. The Morgan fingerprint density at radius 3 is 2.59 bits per heavy atom. The van der Waals surface area contributed by atoms with Crippen molar-refractivity contribution >= 4 is 11.8 Å². The first kappa shape index (κ1) is 14.1. The van der Waals surface area contributed by atoms with Gasteiger partial charge in [-0.05, 0) is 39.3 Å². The number of aryl methyl sites for hydroxylation is 1. The fourth-order valence-electron chi connectivity index (χ4n) is 1.68. The highest BCUT2D eigenvalue weighted by Crippen LogP contribution is 2.25. The summed E-state index contributed by atoms with van der Waals surface area (Å²) in [5.74, 6) is 0.756. The van der Waals surface area contributed by atoms with E-state index in [1.54, 1.807) is 11.8 Å². The number of nitrogens with zero attached hydrogens (tertiary/aromatic N) is 1. The summed E-state index contributed by atoms with van der Waals surface area (Å²) in [6.07, 6.45) is 0. The molecule has 0 radical (unpaired) electrons. The van der Waals surface area contributed by atoms with Crippen LogP contribution < -0.4 is 5.32 Å². The van der Waals surface area contributed by atoms with Crippen molar-refractivity contribution in [3.63, 3.8) is 0 Å². The summed E-state index contributed by atoms with van der Waals surface area (Å²) in [6, 6.07) is 11.0. The normalized spacial score (nSPS) is 14.4. The van der Waals surface area contributed by atoms with Crippen molar-refractivity contribution in [2.75, 3.05) is 5.75 Å². The van der Waals surface area contributed by atoms with Crippen molar-refractivity contribution < 1.29 is 0 Å². The van der Waals surface area contributed by atoms with E-state index in [-0.39, 0.29) is 0 Å². The molecule has 1 aromatic rings. The van der Waals surface area contributed by atoms with E-state index >= 15 is 0 Å². The van der Waals surface area contributed by atoms with E-state index in [0.717, 1.165) is 5.75 Å². The van der Waals surface area contributed by atoms with E-state index in [0.29, 0.717) is 6.04 Å². The second kappa shape index (κ2) is 6.09. The first-order valence-corrected chi connectivity index (χ1v) is 6.83. The average molecular weight is 248 g/mol. The molecule has 1 N–H and O–H groups in total. The molecule has 1 aromatic carbocycles. The summed E-state index contributed by atoms with van der Waals surface area (Å²) in [7, 11) is 0. The second-order valence-corrected chi connectivity index (χ2v) is 5.81. The van der Waals surface area contributed by atoms with Gasteiger partial charge in [0.1, 0.15) is 5.54 Å². The van der Waals surface area contributed by atoms with E-state index in [2.05, 4.69) is 44.3 Å². The van der Waals surface area contributed by atoms with Gasteiger partial charge in [-0.25, -0.2) is 0 Å². The average Bonchev–Trinajstić information content (AvgIpc) is 2.27. The van der Waals surface area contributed by atoms with Crippen molar-refractivity contribution in [1.82, 2.24) is 5.32 Å². The predicted molar refractivity (Wildman–Crippen MR) is 74.2 cm³/mol. The van der Waals surface area contributed by atoms with Crippen LogP contribution in [0.5, 0.6) is 0 Å². The highest BCUT2D eigenvalue weighted by Gasteiger charge is 2.24. The molecule has 92 valence electrons. The van der Waals surface area contributed by atoms with E-state index < -0.39 is 5.54 Å². The van der Waals surface area contributed by atoms with Gasteiger partial charge in [-0.2, -0.15) is 5.26 Å². The minimum Gasteiger partial charge on any atom is -0.297 e. The first-order valence-electron chi connectivity index (χ1n) is 5.84. The lowest BCUT2D eigenvalue weighted by molar-refractivity contribution is 0.443. The van der Waals surface area contributed by atoms with Crippen molar-refractivity contribution in [2.45, 2.75) is 44.2 Å². The van der Waals surface area contributed by atoms with Crippen LogP contribution >= 0.6 is 11.8 Å². The van der Waals surface area contributed by atoms with Crippen LogP contribution in [0.3, 0.4) is 0 Å². The van der Waals surface area contributed by atoms with Crippen molar-refractivity contribution in [2.24, 2.45) is 0 Å². The molecular formula is C14H20N2S. The van der Waals surface area contributed by atoms with Crippen molar-refractivity contribution in [3.05, 3.63) is 29.8 Å². The number of hydrogen-bond acceptors (Lipinski definition) is 3. The van der Waals surface area contributed by atoms with Gasteiger partial charge in [0.25, 0.3) is 0 Å². The monoisotopic (exact) mass is 248 g/mol. The molecule has 1 unspecified atom stereocenters. The maximum Gasteiger partial charge on any atom is 0.113 e. The highest BCUT2D eigenvalue weighted by atomic mass is 32.2. The number of thioether (sulfide) groups is 1. The Hall–Kier alpha value is -0.980. The summed E-state index contributed by atoms with van der Waals surface area (Å²) in [6.45, 7) is 8.18. The number of rotatable bonds is 5. The number of hydrogen-bond donors (Lipinski definition) is 1. The zero-order chi connectivity index (χ0) is 12.9. The van der Waals surface area contributed by atoms with Gasteiger partial charge < -0.3 is 0 Å². The molecule has 0 aliphatic heterocycles. The molecule has 1 atom stereocenters. The lowest BCUT2D eigenvalue weighted by atomic mass is 10.1. The Balaban J connectivity index is 2.66. The van der Waals surface area contributed by atoms with Crippen molar-refractivity contribution in [3.8, 4) is 6.07 Å². The van der Waals surface area contributed by atoms with Gasteiger partial charge in [0.05, 0.1) is 6.07 Å². The molecule has 0 aliphatic rings. The Labute approximate surface area is 108 Å². The summed E-state index contributed by atoms with van der Waals surface area (Å²) < 4.78 is 0. The van der Waals surface area contributed by atoms with Crippen molar-refractivity contribution in [1.29, 1.82) is 5.26 Å². The molecule has 0 saturated heterocycles. The van der Waals surface area contributed by atoms with Gasteiger partial charge in [0.15, 0.2) is 0 Å². The van der Waals surface area contributed by atoms with Gasteiger partial charge in [0.2, 0.25) is 0 Å². The Morgan fingerprint density at radius 2 is 2.06 bits per heavy atom. The topological polar surface area (TPSA) is 35.8 Å². The molecule has 2 nitrogen and oxygen atoms in total. The third-order valence-corrected chi connectivity index (χ3v) is 3.95. The van der Waals surface area contributed by atoms with Gasteiger partial charge in [-0.3, -0.25) is 5.32 Å². The smallest absolute Gasteiger partial charge is 0.113 e. The zero-order valence-electron chi connectivity index (χ0n) is 10.9. The summed E-state index contributed by atoms with van der Waals surface area (Å²) >= 11 is 1.74. The van der Waals surface area contributed by atoms with Crippen LogP contribution in [-0.2, 0) is 0 Å². The maximum atomic E-state index is 9.26. The van der Waals surface area contributed by atoms with Gasteiger partial charge >= 0.3 is 0 Å². The molecule has 0 heterocycles. The molecule has 3 heteroatoms. The molecule has 0 aliphatic carbocycles. The molecular weight excluding hydrogens is 228 g/mol. The molecule has 0 aromatic heterocycles. The van der Waals surface area contributed by atoms with Gasteiger partial charge in [-0.1, -0.05) is 18.2 Å². The lowest BCUT2D eigenvalue weighted by Crippen LogP contribution is -2.47. The lowest BCUT2D eigenvalue weighted by Gasteiger charge is -2.25. The minimum atomic E-state index is -0.471. The fraction of sp³-hybridized carbons (Fsp3) is 0.500.